The molecule has 13 heavy (non-hydrogen) atoms. The van der Waals surface area contributed by atoms with Crippen LogP contribution in [-0.4, -0.2) is 4.92 Å². The second kappa shape index (κ2) is 3.72. The highest BCUT2D eigenvalue weighted by Gasteiger charge is 2.14. The van der Waals surface area contributed by atoms with Crippen LogP contribution in [0.3, 0.4) is 0 Å². The number of nitro groups is 1. The van der Waals surface area contributed by atoms with Crippen molar-refractivity contribution >= 4 is 17.3 Å². The van der Waals surface area contributed by atoms with Gasteiger partial charge in [-0.25, -0.2) is 0 Å². The van der Waals surface area contributed by atoms with Gasteiger partial charge in [-0.1, -0.05) is 11.6 Å². The normalized spacial score (nSPS) is 10.1. The van der Waals surface area contributed by atoms with Gasteiger partial charge < -0.3 is 5.73 Å². The lowest BCUT2D eigenvalue weighted by Gasteiger charge is -2.04. The summed E-state index contributed by atoms with van der Waals surface area (Å²) in [6, 6.07) is 3.00. The molecule has 0 unspecified atom stereocenters. The van der Waals surface area contributed by atoms with Gasteiger partial charge in [0.05, 0.1) is 9.95 Å². The summed E-state index contributed by atoms with van der Waals surface area (Å²) in [6.45, 7) is 1.90. The van der Waals surface area contributed by atoms with Crippen LogP contribution in [0.5, 0.6) is 0 Å². The molecule has 2 N–H and O–H groups in total. The molecule has 0 aliphatic rings. The summed E-state index contributed by atoms with van der Waals surface area (Å²) in [4.78, 5) is 10.0. The molecule has 0 atom stereocenters. The Labute approximate surface area is 80.5 Å². The van der Waals surface area contributed by atoms with E-state index in [0.717, 1.165) is 5.56 Å². The second-order valence-electron chi connectivity index (χ2n) is 2.64. The number of nitrogens with zero attached hydrogens (tertiary/aromatic N) is 1. The van der Waals surface area contributed by atoms with E-state index in [9.17, 15) is 10.1 Å². The Morgan fingerprint density at radius 3 is 2.69 bits per heavy atom. The lowest BCUT2D eigenvalue weighted by atomic mass is 10.1. The van der Waals surface area contributed by atoms with Gasteiger partial charge in [0.2, 0.25) is 0 Å². The van der Waals surface area contributed by atoms with Crippen molar-refractivity contribution in [3.8, 4) is 0 Å². The highest BCUT2D eigenvalue weighted by molar-refractivity contribution is 6.32. The Bertz CT molecular complexity index is 352. The average Bonchev–Trinajstić information content (AvgIpc) is 2.09. The average molecular weight is 201 g/mol. The number of nitro benzene ring substituents is 1. The molecular formula is C8H9ClN2O2. The number of nitrogens with two attached hydrogens (primary N) is 1. The second-order valence-corrected chi connectivity index (χ2v) is 3.02. The van der Waals surface area contributed by atoms with Crippen LogP contribution in [0.1, 0.15) is 11.1 Å². The predicted molar refractivity (Wildman–Crippen MR) is 50.7 cm³/mol. The van der Waals surface area contributed by atoms with Gasteiger partial charge in [0, 0.05) is 18.2 Å². The van der Waals surface area contributed by atoms with E-state index in [2.05, 4.69) is 0 Å². The van der Waals surface area contributed by atoms with Crippen molar-refractivity contribution in [2.24, 2.45) is 5.73 Å². The van der Waals surface area contributed by atoms with Gasteiger partial charge in [-0.3, -0.25) is 10.1 Å². The fraction of sp³-hybridized carbons (Fsp3) is 0.250. The number of halogens is 1. The quantitative estimate of drug-likeness (QED) is 0.587. The van der Waals surface area contributed by atoms with Gasteiger partial charge in [-0.2, -0.15) is 0 Å². The standard InChI is InChI=1S/C8H9ClN2O2/c1-5-7(11(12)13)3-2-6(4-10)8(5)9/h2-3H,4,10H2,1H3. The van der Waals surface area contributed by atoms with Crippen LogP contribution in [0.15, 0.2) is 12.1 Å². The van der Waals surface area contributed by atoms with Crippen LogP contribution in [-0.2, 0) is 6.54 Å². The van der Waals surface area contributed by atoms with E-state index < -0.39 is 4.92 Å². The lowest BCUT2D eigenvalue weighted by molar-refractivity contribution is -0.385. The lowest BCUT2D eigenvalue weighted by Crippen LogP contribution is -2.00. The smallest absolute Gasteiger partial charge is 0.273 e. The molecule has 0 heterocycles. The molecule has 0 aromatic heterocycles. The van der Waals surface area contributed by atoms with E-state index in [4.69, 9.17) is 17.3 Å². The van der Waals surface area contributed by atoms with Crippen LogP contribution < -0.4 is 5.73 Å². The van der Waals surface area contributed by atoms with E-state index in [1.54, 1.807) is 13.0 Å². The molecule has 0 radical (unpaired) electrons. The maximum Gasteiger partial charge on any atom is 0.273 e. The van der Waals surface area contributed by atoms with E-state index in [1.165, 1.54) is 6.07 Å². The zero-order valence-corrected chi connectivity index (χ0v) is 7.84. The molecule has 0 saturated carbocycles. The topological polar surface area (TPSA) is 69.2 Å². The van der Waals surface area contributed by atoms with Crippen molar-refractivity contribution in [3.63, 3.8) is 0 Å². The minimum Gasteiger partial charge on any atom is -0.326 e. The van der Waals surface area contributed by atoms with E-state index in [0.29, 0.717) is 10.6 Å². The Morgan fingerprint density at radius 2 is 2.23 bits per heavy atom. The number of hydrogen-bond donors (Lipinski definition) is 1. The van der Waals surface area contributed by atoms with Crippen LogP contribution >= 0.6 is 11.6 Å². The van der Waals surface area contributed by atoms with E-state index >= 15 is 0 Å². The van der Waals surface area contributed by atoms with Gasteiger partial charge in [0.1, 0.15) is 0 Å². The molecule has 1 rings (SSSR count). The molecular weight excluding hydrogens is 192 g/mol. The van der Waals surface area contributed by atoms with Gasteiger partial charge in [-0.05, 0) is 18.6 Å². The molecule has 1 aromatic carbocycles. The Kier molecular flexibility index (Phi) is 2.85. The van der Waals surface area contributed by atoms with Crippen LogP contribution in [0.2, 0.25) is 5.02 Å². The summed E-state index contributed by atoms with van der Waals surface area (Å²) in [7, 11) is 0. The monoisotopic (exact) mass is 200 g/mol. The molecule has 0 fully saturated rings. The fourth-order valence-electron chi connectivity index (χ4n) is 1.09. The van der Waals surface area contributed by atoms with Gasteiger partial charge in [-0.15, -0.1) is 0 Å². The highest BCUT2D eigenvalue weighted by Crippen LogP contribution is 2.28. The van der Waals surface area contributed by atoms with E-state index in [-0.39, 0.29) is 12.2 Å². The molecule has 4 nitrogen and oxygen atoms in total. The maximum atomic E-state index is 10.5. The molecule has 0 saturated heterocycles. The first kappa shape index (κ1) is 9.95. The first-order valence-corrected chi connectivity index (χ1v) is 4.08. The SMILES string of the molecule is Cc1c([N+](=O)[O-])ccc(CN)c1Cl. The number of rotatable bonds is 2. The number of hydrogen-bond acceptors (Lipinski definition) is 3. The van der Waals surface area contributed by atoms with Crippen LogP contribution in [0.25, 0.3) is 0 Å². The highest BCUT2D eigenvalue weighted by atomic mass is 35.5. The van der Waals surface area contributed by atoms with Crippen molar-refractivity contribution in [2.45, 2.75) is 13.5 Å². The van der Waals surface area contributed by atoms with Crippen LogP contribution in [0.4, 0.5) is 5.69 Å². The molecule has 0 aliphatic carbocycles. The largest absolute Gasteiger partial charge is 0.326 e. The Hall–Kier alpha value is -1.13. The Morgan fingerprint density at radius 1 is 1.62 bits per heavy atom. The predicted octanol–water partition coefficient (Wildman–Crippen LogP) is 2.02. The summed E-state index contributed by atoms with van der Waals surface area (Å²) in [5.74, 6) is 0. The summed E-state index contributed by atoms with van der Waals surface area (Å²) in [5.41, 5.74) is 6.62. The van der Waals surface area contributed by atoms with Crippen molar-refractivity contribution in [1.82, 2.24) is 0 Å². The van der Waals surface area contributed by atoms with Crippen molar-refractivity contribution in [3.05, 3.63) is 38.4 Å². The van der Waals surface area contributed by atoms with E-state index in [1.807, 2.05) is 0 Å². The summed E-state index contributed by atoms with van der Waals surface area (Å²) < 4.78 is 0. The third kappa shape index (κ3) is 1.79. The van der Waals surface area contributed by atoms with Crippen molar-refractivity contribution in [1.29, 1.82) is 0 Å². The molecule has 0 aliphatic heterocycles. The first-order chi connectivity index (χ1) is 6.07. The maximum absolute atomic E-state index is 10.5. The van der Waals surface area contributed by atoms with Gasteiger partial charge in [0.25, 0.3) is 5.69 Å². The fourth-order valence-corrected chi connectivity index (χ4v) is 1.32. The summed E-state index contributed by atoms with van der Waals surface area (Å²) in [6.07, 6.45) is 0. The molecule has 0 amide bonds. The Balaban J connectivity index is 3.31. The van der Waals surface area contributed by atoms with Crippen LogP contribution in [0, 0.1) is 17.0 Å². The molecule has 1 aromatic rings. The molecule has 0 bridgehead atoms. The molecule has 5 heteroatoms. The van der Waals surface area contributed by atoms with Gasteiger partial charge >= 0.3 is 0 Å². The number of benzene rings is 1. The minimum atomic E-state index is -0.457. The molecule has 0 spiro atoms. The zero-order chi connectivity index (χ0) is 10.0. The first-order valence-electron chi connectivity index (χ1n) is 3.70. The molecule has 70 valence electrons. The zero-order valence-electron chi connectivity index (χ0n) is 7.08. The third-order valence-electron chi connectivity index (χ3n) is 1.85. The third-order valence-corrected chi connectivity index (χ3v) is 2.38. The summed E-state index contributed by atoms with van der Waals surface area (Å²) >= 11 is 5.86. The van der Waals surface area contributed by atoms with Crippen molar-refractivity contribution < 1.29 is 4.92 Å². The van der Waals surface area contributed by atoms with Crippen molar-refractivity contribution in [2.75, 3.05) is 0 Å². The van der Waals surface area contributed by atoms with Gasteiger partial charge in [0.15, 0.2) is 0 Å². The summed E-state index contributed by atoms with van der Waals surface area (Å²) in [5, 5.41) is 10.9. The minimum absolute atomic E-state index is 0.0298.